The van der Waals surface area contributed by atoms with E-state index in [1.807, 2.05) is 0 Å². The van der Waals surface area contributed by atoms with Gasteiger partial charge in [-0.2, -0.15) is 13.2 Å². The second-order valence-electron chi connectivity index (χ2n) is 4.21. The molecule has 0 bridgehead atoms. The van der Waals surface area contributed by atoms with Crippen molar-refractivity contribution in [3.8, 4) is 0 Å². The van der Waals surface area contributed by atoms with Gasteiger partial charge in [0, 0.05) is 13.0 Å². The molecule has 0 aromatic carbocycles. The molecule has 1 heterocycles. The van der Waals surface area contributed by atoms with E-state index in [1.165, 1.54) is 0 Å². The highest BCUT2D eigenvalue weighted by atomic mass is 32.2. The smallest absolute Gasteiger partial charge is 0.365 e. The number of nitrogens with zero attached hydrogens (tertiary/aromatic N) is 1. The summed E-state index contributed by atoms with van der Waals surface area (Å²) in [5.74, 6) is -0.896. The second kappa shape index (κ2) is 6.06. The van der Waals surface area contributed by atoms with Crippen LogP contribution in [-0.2, 0) is 19.6 Å². The van der Waals surface area contributed by atoms with Gasteiger partial charge in [-0.1, -0.05) is 0 Å². The molecule has 112 valence electrons. The summed E-state index contributed by atoms with van der Waals surface area (Å²) in [4.78, 5) is 12.7. The van der Waals surface area contributed by atoms with Gasteiger partial charge in [0.15, 0.2) is 6.10 Å². The first-order valence-corrected chi connectivity index (χ1v) is 7.28. The lowest BCUT2D eigenvalue weighted by Gasteiger charge is -2.33. The average molecular weight is 304 g/mol. The van der Waals surface area contributed by atoms with Crippen LogP contribution in [0.5, 0.6) is 0 Å². The molecule has 10 heteroatoms. The summed E-state index contributed by atoms with van der Waals surface area (Å²) >= 11 is 0. The number of rotatable bonds is 4. The van der Waals surface area contributed by atoms with Crippen molar-refractivity contribution in [2.24, 2.45) is 5.14 Å². The number of ether oxygens (including phenoxy) is 1. The van der Waals surface area contributed by atoms with Crippen LogP contribution in [0.2, 0.25) is 0 Å². The Balaban J connectivity index is 2.44. The third-order valence-corrected chi connectivity index (χ3v) is 3.46. The first-order valence-electron chi connectivity index (χ1n) is 5.56. The van der Waals surface area contributed by atoms with Gasteiger partial charge in [0.1, 0.15) is 0 Å². The van der Waals surface area contributed by atoms with Crippen molar-refractivity contribution in [3.05, 3.63) is 0 Å². The number of alkyl halides is 3. The van der Waals surface area contributed by atoms with Crippen LogP contribution in [0.1, 0.15) is 12.8 Å². The summed E-state index contributed by atoms with van der Waals surface area (Å²) in [7, 11) is -3.66. The topological polar surface area (TPSA) is 89.7 Å². The SMILES string of the molecule is NS(=O)(=O)CCCC(=O)N1CCOC(C(F)(F)F)C1. The fourth-order valence-electron chi connectivity index (χ4n) is 1.66. The highest BCUT2D eigenvalue weighted by Gasteiger charge is 2.44. The van der Waals surface area contributed by atoms with Crippen LogP contribution < -0.4 is 5.14 Å². The van der Waals surface area contributed by atoms with Gasteiger partial charge in [-0.25, -0.2) is 13.6 Å². The number of hydrogen-bond acceptors (Lipinski definition) is 4. The molecule has 1 unspecified atom stereocenters. The second-order valence-corrected chi connectivity index (χ2v) is 5.95. The van der Waals surface area contributed by atoms with Gasteiger partial charge in [-0.3, -0.25) is 4.79 Å². The van der Waals surface area contributed by atoms with E-state index in [2.05, 4.69) is 4.74 Å². The minimum Gasteiger partial charge on any atom is -0.365 e. The molecule has 1 fully saturated rings. The van der Waals surface area contributed by atoms with E-state index < -0.39 is 34.8 Å². The zero-order valence-electron chi connectivity index (χ0n) is 10.0. The number of nitrogens with two attached hydrogens (primary N) is 1. The molecule has 2 N–H and O–H groups in total. The van der Waals surface area contributed by atoms with Crippen molar-refractivity contribution < 1.29 is 31.1 Å². The Morgan fingerprint density at radius 1 is 1.42 bits per heavy atom. The molecule has 1 aliphatic rings. The van der Waals surface area contributed by atoms with E-state index in [9.17, 15) is 26.4 Å². The molecule has 0 saturated carbocycles. The van der Waals surface area contributed by atoms with Gasteiger partial charge >= 0.3 is 6.18 Å². The normalized spacial score (nSPS) is 21.5. The number of halogens is 3. The van der Waals surface area contributed by atoms with Crippen molar-refractivity contribution >= 4 is 15.9 Å². The molecule has 19 heavy (non-hydrogen) atoms. The highest BCUT2D eigenvalue weighted by Crippen LogP contribution is 2.25. The molecule has 1 amide bonds. The Morgan fingerprint density at radius 2 is 2.05 bits per heavy atom. The zero-order chi connectivity index (χ0) is 14.7. The Hall–Kier alpha value is -0.870. The van der Waals surface area contributed by atoms with Crippen LogP contribution in [0.25, 0.3) is 0 Å². The first kappa shape index (κ1) is 16.2. The lowest BCUT2D eigenvalue weighted by molar-refractivity contribution is -0.236. The van der Waals surface area contributed by atoms with E-state index >= 15 is 0 Å². The maximum atomic E-state index is 12.4. The Morgan fingerprint density at radius 3 is 2.58 bits per heavy atom. The molecule has 1 atom stereocenters. The van der Waals surface area contributed by atoms with Crippen LogP contribution in [0, 0.1) is 0 Å². The van der Waals surface area contributed by atoms with Gasteiger partial charge in [0.05, 0.1) is 18.9 Å². The lowest BCUT2D eigenvalue weighted by Crippen LogP contribution is -2.51. The summed E-state index contributed by atoms with van der Waals surface area (Å²) in [6, 6.07) is 0. The molecule has 0 aromatic heterocycles. The largest absolute Gasteiger partial charge is 0.416 e. The van der Waals surface area contributed by atoms with Crippen molar-refractivity contribution in [2.45, 2.75) is 25.1 Å². The molecule has 1 rings (SSSR count). The van der Waals surface area contributed by atoms with Gasteiger partial charge in [0.25, 0.3) is 0 Å². The molecule has 0 aliphatic carbocycles. The standard InChI is InChI=1S/C9H15F3N2O4S/c10-9(11,12)7-6-14(3-4-18-7)8(15)2-1-5-19(13,16)17/h7H,1-6H2,(H2,13,16,17). The number of primary sulfonamides is 1. The molecule has 0 aromatic rings. The summed E-state index contributed by atoms with van der Waals surface area (Å²) < 4.78 is 63.1. The van der Waals surface area contributed by atoms with E-state index in [0.29, 0.717) is 0 Å². The third-order valence-electron chi connectivity index (χ3n) is 2.60. The maximum Gasteiger partial charge on any atom is 0.416 e. The van der Waals surface area contributed by atoms with Crippen molar-refractivity contribution in [2.75, 3.05) is 25.4 Å². The predicted octanol–water partition coefficient (Wildman–Crippen LogP) is -0.155. The molecule has 6 nitrogen and oxygen atoms in total. The third kappa shape index (κ3) is 5.74. The number of amides is 1. The molecule has 0 radical (unpaired) electrons. The van der Waals surface area contributed by atoms with E-state index in [-0.39, 0.29) is 31.7 Å². The summed E-state index contributed by atoms with van der Waals surface area (Å²) in [5, 5.41) is 4.76. The number of sulfonamides is 1. The lowest BCUT2D eigenvalue weighted by atomic mass is 10.2. The van der Waals surface area contributed by atoms with Crippen molar-refractivity contribution in [1.29, 1.82) is 0 Å². The van der Waals surface area contributed by atoms with Gasteiger partial charge < -0.3 is 9.64 Å². The van der Waals surface area contributed by atoms with E-state index in [0.717, 1.165) is 4.90 Å². The Labute approximate surface area is 108 Å². The number of carbonyl (C=O) groups is 1. The van der Waals surface area contributed by atoms with E-state index in [4.69, 9.17) is 5.14 Å². The Bertz CT molecular complexity index is 424. The number of morpholine rings is 1. The van der Waals surface area contributed by atoms with Crippen LogP contribution in [0.3, 0.4) is 0 Å². The monoisotopic (exact) mass is 304 g/mol. The average Bonchev–Trinajstić information content (AvgIpc) is 2.26. The van der Waals surface area contributed by atoms with Crippen LogP contribution in [0.4, 0.5) is 13.2 Å². The summed E-state index contributed by atoms with van der Waals surface area (Å²) in [6.45, 7) is -0.677. The van der Waals surface area contributed by atoms with Gasteiger partial charge in [-0.15, -0.1) is 0 Å². The zero-order valence-corrected chi connectivity index (χ0v) is 10.8. The van der Waals surface area contributed by atoms with Crippen molar-refractivity contribution in [1.82, 2.24) is 4.90 Å². The Kier molecular flexibility index (Phi) is 5.16. The molecular formula is C9H15F3N2O4S. The minimum atomic E-state index is -4.51. The molecule has 0 spiro atoms. The van der Waals surface area contributed by atoms with Crippen LogP contribution in [0.15, 0.2) is 0 Å². The fraction of sp³-hybridized carbons (Fsp3) is 0.889. The molecule has 1 saturated heterocycles. The first-order chi connectivity index (χ1) is 8.59. The van der Waals surface area contributed by atoms with Gasteiger partial charge in [0.2, 0.25) is 15.9 Å². The van der Waals surface area contributed by atoms with E-state index in [1.54, 1.807) is 0 Å². The van der Waals surface area contributed by atoms with Gasteiger partial charge in [-0.05, 0) is 6.42 Å². The minimum absolute atomic E-state index is 0.00823. The summed E-state index contributed by atoms with van der Waals surface area (Å²) in [6.07, 6.45) is -6.66. The maximum absolute atomic E-state index is 12.4. The molecular weight excluding hydrogens is 289 g/mol. The van der Waals surface area contributed by atoms with Crippen LogP contribution in [-0.4, -0.2) is 57.0 Å². The quantitative estimate of drug-likeness (QED) is 0.782. The number of hydrogen-bond donors (Lipinski definition) is 1. The van der Waals surface area contributed by atoms with Crippen LogP contribution >= 0.6 is 0 Å². The predicted molar refractivity (Wildman–Crippen MR) is 59.6 cm³/mol. The molecule has 1 aliphatic heterocycles. The van der Waals surface area contributed by atoms with Crippen molar-refractivity contribution in [3.63, 3.8) is 0 Å². The number of carbonyl (C=O) groups excluding carboxylic acids is 1. The highest BCUT2D eigenvalue weighted by molar-refractivity contribution is 7.89. The summed E-state index contributed by atoms with van der Waals surface area (Å²) in [5.41, 5.74) is 0. The fourth-order valence-corrected chi connectivity index (χ4v) is 2.20.